The van der Waals surface area contributed by atoms with Crippen molar-refractivity contribution in [1.82, 2.24) is 10.2 Å². The van der Waals surface area contributed by atoms with Crippen LogP contribution >= 0.6 is 0 Å². The predicted molar refractivity (Wildman–Crippen MR) is 71.9 cm³/mol. The first-order chi connectivity index (χ1) is 9.22. The zero-order chi connectivity index (χ0) is 13.7. The van der Waals surface area contributed by atoms with Crippen LogP contribution in [0.25, 0.3) is 0 Å². The van der Waals surface area contributed by atoms with Crippen LogP contribution < -0.4 is 10.1 Å². The summed E-state index contributed by atoms with van der Waals surface area (Å²) in [6.07, 6.45) is 0.210. The van der Waals surface area contributed by atoms with Crippen molar-refractivity contribution < 1.29 is 13.9 Å². The maximum atomic E-state index is 13.6. The molecule has 1 atom stereocenters. The Bertz CT molecular complexity index is 412. The van der Waals surface area contributed by atoms with Crippen molar-refractivity contribution in [3.05, 3.63) is 29.6 Å². The smallest absolute Gasteiger partial charge is 0.165 e. The highest BCUT2D eigenvalue weighted by Crippen LogP contribution is 2.19. The van der Waals surface area contributed by atoms with Gasteiger partial charge < -0.3 is 14.8 Å². The summed E-state index contributed by atoms with van der Waals surface area (Å²) < 4.78 is 24.2. The molecule has 1 aromatic carbocycles. The molecule has 1 fully saturated rings. The zero-order valence-corrected chi connectivity index (χ0v) is 11.5. The molecule has 0 saturated carbocycles. The van der Waals surface area contributed by atoms with Crippen LogP contribution in [-0.4, -0.2) is 51.4 Å². The van der Waals surface area contributed by atoms with E-state index in [0.29, 0.717) is 5.75 Å². The van der Waals surface area contributed by atoms with E-state index in [1.807, 2.05) is 13.1 Å². The number of morpholine rings is 1. The van der Waals surface area contributed by atoms with E-state index in [9.17, 15) is 4.39 Å². The number of methoxy groups -OCH3 is 1. The van der Waals surface area contributed by atoms with Gasteiger partial charge in [0.2, 0.25) is 0 Å². The summed E-state index contributed by atoms with van der Waals surface area (Å²) in [4.78, 5) is 2.28. The Hall–Kier alpha value is -1.17. The lowest BCUT2D eigenvalue weighted by Gasteiger charge is -2.32. The number of rotatable bonds is 5. The van der Waals surface area contributed by atoms with Gasteiger partial charge in [-0.05, 0) is 24.7 Å². The molecule has 19 heavy (non-hydrogen) atoms. The number of nitrogens with one attached hydrogen (secondary N) is 1. The number of halogens is 1. The number of nitrogens with zero attached hydrogens (tertiary/aromatic N) is 1. The average molecular weight is 268 g/mol. The number of hydrogen-bond donors (Lipinski definition) is 1. The fourth-order valence-electron chi connectivity index (χ4n) is 2.34. The predicted octanol–water partition coefficient (Wildman–Crippen LogP) is 1.25. The summed E-state index contributed by atoms with van der Waals surface area (Å²) in [5.74, 6) is -0.0150. The van der Waals surface area contributed by atoms with Gasteiger partial charge in [-0.25, -0.2) is 4.39 Å². The van der Waals surface area contributed by atoms with Gasteiger partial charge in [-0.2, -0.15) is 0 Å². The van der Waals surface area contributed by atoms with Crippen LogP contribution in [0.3, 0.4) is 0 Å². The third-order valence-corrected chi connectivity index (χ3v) is 3.28. The monoisotopic (exact) mass is 268 g/mol. The number of likely N-dealkylation sites (N-methyl/N-ethyl adjacent to an activating group) is 1. The van der Waals surface area contributed by atoms with E-state index in [1.165, 1.54) is 7.11 Å². The molecular weight excluding hydrogens is 247 g/mol. The second-order valence-corrected chi connectivity index (χ2v) is 4.75. The van der Waals surface area contributed by atoms with E-state index in [-0.39, 0.29) is 11.9 Å². The molecule has 1 aliphatic rings. The largest absolute Gasteiger partial charge is 0.494 e. The molecular formula is C14H21FN2O2. The average Bonchev–Trinajstić information content (AvgIpc) is 2.40. The molecule has 0 bridgehead atoms. The van der Waals surface area contributed by atoms with Crippen molar-refractivity contribution >= 4 is 0 Å². The van der Waals surface area contributed by atoms with E-state index in [1.54, 1.807) is 12.1 Å². The van der Waals surface area contributed by atoms with E-state index >= 15 is 0 Å². The lowest BCUT2D eigenvalue weighted by atomic mass is 10.1. The summed E-state index contributed by atoms with van der Waals surface area (Å²) >= 11 is 0. The molecule has 5 heteroatoms. The van der Waals surface area contributed by atoms with Crippen LogP contribution in [0.5, 0.6) is 5.75 Å². The topological polar surface area (TPSA) is 33.7 Å². The van der Waals surface area contributed by atoms with Crippen LogP contribution in [0.1, 0.15) is 5.56 Å². The molecule has 1 aliphatic heterocycles. The van der Waals surface area contributed by atoms with Gasteiger partial charge in [-0.1, -0.05) is 6.07 Å². The molecule has 0 radical (unpaired) electrons. The molecule has 4 nitrogen and oxygen atoms in total. The second-order valence-electron chi connectivity index (χ2n) is 4.75. The Morgan fingerprint density at radius 3 is 3.05 bits per heavy atom. The molecule has 1 saturated heterocycles. The Morgan fingerprint density at radius 2 is 2.37 bits per heavy atom. The van der Waals surface area contributed by atoms with Crippen molar-refractivity contribution in [1.29, 1.82) is 0 Å². The van der Waals surface area contributed by atoms with Crippen LogP contribution in [0.2, 0.25) is 0 Å². The van der Waals surface area contributed by atoms with Gasteiger partial charge in [0, 0.05) is 26.2 Å². The molecule has 1 unspecified atom stereocenters. The number of hydrogen-bond acceptors (Lipinski definition) is 4. The first kappa shape index (κ1) is 14.2. The first-order valence-corrected chi connectivity index (χ1v) is 6.54. The van der Waals surface area contributed by atoms with Crippen LogP contribution in [-0.2, 0) is 11.3 Å². The first-order valence-electron chi connectivity index (χ1n) is 6.54. The minimum atomic E-state index is -0.306. The van der Waals surface area contributed by atoms with Crippen molar-refractivity contribution in [2.24, 2.45) is 0 Å². The van der Waals surface area contributed by atoms with Crippen LogP contribution in [0.15, 0.2) is 18.2 Å². The van der Waals surface area contributed by atoms with Gasteiger partial charge in [0.15, 0.2) is 11.6 Å². The highest BCUT2D eigenvalue weighted by atomic mass is 19.1. The lowest BCUT2D eigenvalue weighted by molar-refractivity contribution is -0.0291. The highest BCUT2D eigenvalue weighted by Gasteiger charge is 2.20. The van der Waals surface area contributed by atoms with E-state index in [4.69, 9.17) is 9.47 Å². The van der Waals surface area contributed by atoms with Gasteiger partial charge in [-0.15, -0.1) is 0 Å². The van der Waals surface area contributed by atoms with E-state index in [2.05, 4.69) is 10.2 Å². The molecule has 2 rings (SSSR count). The lowest BCUT2D eigenvalue weighted by Crippen LogP contribution is -2.45. The van der Waals surface area contributed by atoms with Gasteiger partial charge in [0.1, 0.15) is 0 Å². The van der Waals surface area contributed by atoms with Crippen molar-refractivity contribution in [3.8, 4) is 5.75 Å². The molecule has 0 aliphatic carbocycles. The molecule has 1 aromatic rings. The normalized spacial score (nSPS) is 20.5. The Morgan fingerprint density at radius 1 is 1.53 bits per heavy atom. The highest BCUT2D eigenvalue weighted by molar-refractivity contribution is 5.29. The van der Waals surface area contributed by atoms with E-state index in [0.717, 1.165) is 38.3 Å². The Kier molecular flexibility index (Phi) is 5.13. The molecule has 0 aromatic heterocycles. The van der Waals surface area contributed by atoms with E-state index < -0.39 is 0 Å². The van der Waals surface area contributed by atoms with Gasteiger partial charge in [0.05, 0.1) is 19.8 Å². The van der Waals surface area contributed by atoms with Gasteiger partial charge in [-0.3, -0.25) is 4.90 Å². The summed E-state index contributed by atoms with van der Waals surface area (Å²) in [7, 11) is 3.39. The maximum Gasteiger partial charge on any atom is 0.165 e. The van der Waals surface area contributed by atoms with Gasteiger partial charge >= 0.3 is 0 Å². The minimum Gasteiger partial charge on any atom is -0.494 e. The minimum absolute atomic E-state index is 0.210. The molecule has 1 N–H and O–H groups in total. The standard InChI is InChI=1S/C14H21FN2O2/c1-16-8-12-10-17(5-6-19-12)9-11-3-4-14(18-2)13(15)7-11/h3-4,7,12,16H,5-6,8-10H2,1-2H3. The van der Waals surface area contributed by atoms with Crippen LogP contribution in [0.4, 0.5) is 4.39 Å². The van der Waals surface area contributed by atoms with Crippen molar-refractivity contribution in [3.63, 3.8) is 0 Å². The molecule has 0 amide bonds. The summed E-state index contributed by atoms with van der Waals surface area (Å²) in [5.41, 5.74) is 0.961. The second kappa shape index (κ2) is 6.84. The third-order valence-electron chi connectivity index (χ3n) is 3.28. The fraction of sp³-hybridized carbons (Fsp3) is 0.571. The number of benzene rings is 1. The number of ether oxygens (including phenoxy) is 2. The SMILES string of the molecule is CNCC1CN(Cc2ccc(OC)c(F)c2)CCO1. The summed E-state index contributed by atoms with van der Waals surface area (Å²) in [6.45, 7) is 4.06. The summed E-state index contributed by atoms with van der Waals surface area (Å²) in [6, 6.07) is 5.13. The van der Waals surface area contributed by atoms with Gasteiger partial charge in [0.25, 0.3) is 0 Å². The molecule has 0 spiro atoms. The fourth-order valence-corrected chi connectivity index (χ4v) is 2.34. The molecule has 1 heterocycles. The quantitative estimate of drug-likeness (QED) is 0.871. The zero-order valence-electron chi connectivity index (χ0n) is 11.5. The van der Waals surface area contributed by atoms with Crippen molar-refractivity contribution in [2.45, 2.75) is 12.6 Å². The van der Waals surface area contributed by atoms with Crippen molar-refractivity contribution in [2.75, 3.05) is 40.4 Å². The van der Waals surface area contributed by atoms with Crippen LogP contribution in [0, 0.1) is 5.82 Å². The maximum absolute atomic E-state index is 13.6. The summed E-state index contributed by atoms with van der Waals surface area (Å²) in [5, 5.41) is 3.12. The Labute approximate surface area is 113 Å². The third kappa shape index (κ3) is 3.89. The molecule has 106 valence electrons. The Balaban J connectivity index is 1.94.